The van der Waals surface area contributed by atoms with Gasteiger partial charge in [0.15, 0.2) is 0 Å². The van der Waals surface area contributed by atoms with E-state index in [-0.39, 0.29) is 40.7 Å². The van der Waals surface area contributed by atoms with Crippen molar-refractivity contribution in [1.82, 2.24) is 28.7 Å². The maximum absolute atomic E-state index is 13.9. The van der Waals surface area contributed by atoms with Gasteiger partial charge in [-0.1, -0.05) is 13.8 Å². The number of oxazole rings is 2. The minimum Gasteiger partial charge on any atom is -0.461 e. The van der Waals surface area contributed by atoms with Crippen molar-refractivity contribution < 1.29 is 23.2 Å². The number of anilines is 5. The molecule has 0 fully saturated rings. The number of rotatable bonds is 8. The number of carbonyl (C=O) groups excluding carboxylic acids is 2. The first-order chi connectivity index (χ1) is 27.1. The van der Waals surface area contributed by atoms with Crippen LogP contribution in [0, 0.1) is 19.3 Å². The van der Waals surface area contributed by atoms with Gasteiger partial charge < -0.3 is 37.9 Å². The molecule has 0 saturated heterocycles. The largest absolute Gasteiger partial charge is 0.461 e. The van der Waals surface area contributed by atoms with Crippen LogP contribution < -0.4 is 26.7 Å². The fourth-order valence-corrected chi connectivity index (χ4v) is 7.71. The molecule has 2 N–H and O–H groups in total. The third kappa shape index (κ3) is 8.19. The van der Waals surface area contributed by atoms with E-state index in [9.17, 15) is 19.2 Å². The lowest BCUT2D eigenvalue weighted by Gasteiger charge is -2.31. The molecule has 0 unspecified atom stereocenters. The van der Waals surface area contributed by atoms with Gasteiger partial charge >= 0.3 is 5.97 Å². The Labute approximate surface area is 335 Å². The monoisotopic (exact) mass is 839 g/mol. The van der Waals surface area contributed by atoms with Gasteiger partial charge in [-0.2, -0.15) is 0 Å². The second-order valence-corrected chi connectivity index (χ2v) is 15.8. The number of hydrogen-bond donors (Lipinski definition) is 2. The summed E-state index contributed by atoms with van der Waals surface area (Å²) in [5.74, 6) is 1.13. The highest BCUT2D eigenvalue weighted by Gasteiger charge is 2.37. The van der Waals surface area contributed by atoms with E-state index >= 15 is 0 Å². The number of aromatic nitrogens is 6. The lowest BCUT2D eigenvalue weighted by molar-refractivity contribution is -0.142. The summed E-state index contributed by atoms with van der Waals surface area (Å²) in [4.78, 5) is 64.8. The van der Waals surface area contributed by atoms with Gasteiger partial charge in [-0.05, 0) is 83.4 Å². The second-order valence-electron chi connectivity index (χ2n) is 14.9. The molecule has 0 saturated carbocycles. The van der Waals surface area contributed by atoms with Crippen LogP contribution in [-0.2, 0) is 49.6 Å². The first-order valence-electron chi connectivity index (χ1n) is 18.2. The molecule has 6 aromatic rings. The first kappa shape index (κ1) is 39.0. The van der Waals surface area contributed by atoms with Gasteiger partial charge in [0.05, 0.1) is 12.4 Å². The quantitative estimate of drug-likeness (QED) is 0.163. The molecule has 7 heterocycles. The van der Waals surface area contributed by atoms with Crippen LogP contribution in [-0.4, -0.2) is 47.1 Å². The molecule has 1 aliphatic heterocycles. The average Bonchev–Trinajstić information content (AvgIpc) is 3.91. The van der Waals surface area contributed by atoms with Crippen molar-refractivity contribution in [1.29, 1.82) is 0 Å². The van der Waals surface area contributed by atoms with Gasteiger partial charge in [-0.15, -0.1) is 0 Å². The molecule has 2 aliphatic rings. The molecule has 6 aromatic heterocycles. The summed E-state index contributed by atoms with van der Waals surface area (Å²) in [7, 11) is 3.33. The van der Waals surface area contributed by atoms with Crippen LogP contribution >= 0.6 is 15.9 Å². The number of nitrogens with zero attached hydrogens (tertiary/aromatic N) is 7. The summed E-state index contributed by atoms with van der Waals surface area (Å²) in [6.45, 7) is 10.4. The third-order valence-electron chi connectivity index (χ3n) is 9.70. The highest BCUT2D eigenvalue weighted by Crippen LogP contribution is 2.40. The van der Waals surface area contributed by atoms with Crippen molar-refractivity contribution in [3.05, 3.63) is 114 Å². The van der Waals surface area contributed by atoms with E-state index in [0.717, 1.165) is 17.3 Å². The van der Waals surface area contributed by atoms with Crippen molar-refractivity contribution in [2.45, 2.75) is 60.6 Å². The molecular weight excluding hydrogens is 798 g/mol. The van der Waals surface area contributed by atoms with Gasteiger partial charge in [0, 0.05) is 74.0 Å². The zero-order valence-corrected chi connectivity index (χ0v) is 34.2. The Morgan fingerprint density at radius 1 is 0.895 bits per heavy atom. The summed E-state index contributed by atoms with van der Waals surface area (Å²) in [5.41, 5.74) is 5.48. The molecule has 17 heteroatoms. The van der Waals surface area contributed by atoms with E-state index in [1.807, 2.05) is 6.07 Å². The summed E-state index contributed by atoms with van der Waals surface area (Å²) in [6.07, 6.45) is 10.0. The lowest BCUT2D eigenvalue weighted by atomic mass is 9.90. The third-order valence-corrected chi connectivity index (χ3v) is 10.1. The number of ether oxygens (including phenoxy) is 1. The number of amides is 1. The maximum atomic E-state index is 13.9. The van der Waals surface area contributed by atoms with Crippen LogP contribution in [0.4, 0.5) is 29.2 Å². The van der Waals surface area contributed by atoms with E-state index in [0.29, 0.717) is 64.5 Å². The van der Waals surface area contributed by atoms with Crippen molar-refractivity contribution >= 4 is 57.0 Å². The highest BCUT2D eigenvalue weighted by atomic mass is 79.9. The number of hydrogen-bond acceptors (Lipinski definition) is 12. The number of fused-ring (bicyclic) bond motifs is 3. The molecule has 57 heavy (non-hydrogen) atoms. The maximum Gasteiger partial charge on any atom is 0.302 e. The van der Waals surface area contributed by atoms with E-state index in [1.165, 1.54) is 27.3 Å². The van der Waals surface area contributed by atoms with Gasteiger partial charge in [0.2, 0.25) is 0 Å². The van der Waals surface area contributed by atoms with Gasteiger partial charge in [-0.25, -0.2) is 15.0 Å². The fraction of sp³-hybridized carbons (Fsp3) is 0.325. The molecule has 0 aromatic carbocycles. The van der Waals surface area contributed by atoms with Crippen LogP contribution in [0.15, 0.2) is 78.1 Å². The van der Waals surface area contributed by atoms with E-state index in [2.05, 4.69) is 59.9 Å². The molecular formula is C40H42BrN9O7. The number of aryl methyl sites for hydroxylation is 4. The predicted molar refractivity (Wildman–Crippen MR) is 216 cm³/mol. The summed E-state index contributed by atoms with van der Waals surface area (Å²) >= 11 is 3.31. The molecule has 1 aliphatic carbocycles. The second kappa shape index (κ2) is 15.4. The minimum absolute atomic E-state index is 0.0894. The number of halogens is 1. The molecule has 296 valence electrons. The SMILES string of the molecule is CC(=O)OCc1c(-c2cc(Nc3ncc(C)o3)c(=O)n(C)c2)ccnc1N1CCn2c(cc3c2CC(C)(C)C3)C1=O.Cc1cnc(Nc2cc(Br)cn(C)c2=O)o1. The molecule has 0 radical (unpaired) electrons. The molecule has 16 nitrogen and oxygen atoms in total. The molecule has 1 amide bonds. The smallest absolute Gasteiger partial charge is 0.302 e. The summed E-state index contributed by atoms with van der Waals surface area (Å²) < 4.78 is 22.1. The van der Waals surface area contributed by atoms with Crippen LogP contribution in [0.3, 0.4) is 0 Å². The van der Waals surface area contributed by atoms with E-state index < -0.39 is 5.97 Å². The van der Waals surface area contributed by atoms with Crippen molar-refractivity contribution in [2.24, 2.45) is 19.5 Å². The number of pyridine rings is 3. The van der Waals surface area contributed by atoms with E-state index in [4.69, 9.17) is 13.6 Å². The first-order valence-corrected chi connectivity index (χ1v) is 19.0. The summed E-state index contributed by atoms with van der Waals surface area (Å²) in [6, 6.07) is 7.69. The Kier molecular flexibility index (Phi) is 10.5. The summed E-state index contributed by atoms with van der Waals surface area (Å²) in [5, 5.41) is 5.79. The zero-order valence-electron chi connectivity index (χ0n) is 32.6. The van der Waals surface area contributed by atoms with Crippen molar-refractivity contribution in [3.8, 4) is 11.1 Å². The van der Waals surface area contributed by atoms with Crippen molar-refractivity contribution in [2.75, 3.05) is 22.1 Å². The standard InChI is InChI=1S/C30H32N6O5.C10H10BrN3O2/c1-17-14-32-29(41-17)33-23-10-20(15-34(5)27(23)38)21-6-7-31-26(22(21)16-40-18(2)37)36-9-8-35-24(28(36)39)11-19-12-30(3,4)13-25(19)35;1-6-4-12-10(16-6)13-8-3-7(11)5-14(2)9(8)15/h6-7,10-11,14-15H,8-9,12-13,16H2,1-5H3,(H,32,33);3-5H,1-2H3,(H,12,13). The highest BCUT2D eigenvalue weighted by molar-refractivity contribution is 9.10. The zero-order chi connectivity index (χ0) is 40.8. The molecule has 0 spiro atoms. The molecule has 8 rings (SSSR count). The van der Waals surface area contributed by atoms with E-state index in [1.54, 1.807) is 82.0 Å². The number of carbonyl (C=O) groups is 2. The van der Waals surface area contributed by atoms with Crippen LogP contribution in [0.2, 0.25) is 0 Å². The Morgan fingerprint density at radius 2 is 1.53 bits per heavy atom. The Bertz CT molecular complexity index is 2650. The van der Waals surface area contributed by atoms with Gasteiger partial charge in [0.1, 0.15) is 41.0 Å². The topological polar surface area (TPSA) is 185 Å². The van der Waals surface area contributed by atoms with Gasteiger partial charge in [-0.3, -0.25) is 24.1 Å². The Balaban J connectivity index is 0.000000259. The number of esters is 1. The number of nitrogens with one attached hydrogen (secondary N) is 2. The van der Waals surface area contributed by atoms with Crippen molar-refractivity contribution in [3.63, 3.8) is 0 Å². The minimum atomic E-state index is -0.453. The normalized spacial score (nSPS) is 14.1. The Hall–Kier alpha value is -6.23. The predicted octanol–water partition coefficient (Wildman–Crippen LogP) is 6.32. The van der Waals surface area contributed by atoms with Crippen LogP contribution in [0.25, 0.3) is 11.1 Å². The molecule has 0 atom stereocenters. The average molecular weight is 841 g/mol. The van der Waals surface area contributed by atoms with Crippen LogP contribution in [0.1, 0.15) is 59.6 Å². The fourth-order valence-electron chi connectivity index (χ4n) is 7.18. The van der Waals surface area contributed by atoms with Gasteiger partial charge in [0.25, 0.3) is 29.1 Å². The molecule has 0 bridgehead atoms. The lowest BCUT2D eigenvalue weighted by Crippen LogP contribution is -2.41. The van der Waals surface area contributed by atoms with Crippen LogP contribution in [0.5, 0.6) is 0 Å². The Morgan fingerprint density at radius 3 is 2.14 bits per heavy atom.